The van der Waals surface area contributed by atoms with E-state index in [2.05, 4.69) is 5.32 Å². The van der Waals surface area contributed by atoms with E-state index in [1.54, 1.807) is 12.1 Å². The molecular weight excluding hydrogens is 208 g/mol. The second kappa shape index (κ2) is 4.40. The van der Waals surface area contributed by atoms with E-state index in [0.29, 0.717) is 24.6 Å². The van der Waals surface area contributed by atoms with Gasteiger partial charge < -0.3 is 20.9 Å². The van der Waals surface area contributed by atoms with Crippen molar-refractivity contribution in [2.45, 2.75) is 12.5 Å². The number of anilines is 2. The molecule has 1 atom stereocenters. The third kappa shape index (κ3) is 2.25. The van der Waals surface area contributed by atoms with E-state index in [0.717, 1.165) is 6.42 Å². The van der Waals surface area contributed by atoms with Gasteiger partial charge in [0, 0.05) is 12.3 Å². The lowest BCUT2D eigenvalue weighted by Gasteiger charge is -2.14. The second-order valence-corrected chi connectivity index (χ2v) is 3.82. The van der Waals surface area contributed by atoms with E-state index < -0.39 is 5.97 Å². The minimum absolute atomic E-state index is 0.167. The number of benzene rings is 1. The maximum atomic E-state index is 11.0. The first-order valence-electron chi connectivity index (χ1n) is 5.14. The van der Waals surface area contributed by atoms with E-state index in [1.165, 1.54) is 6.07 Å². The Balaban J connectivity index is 2.22. The predicted molar refractivity (Wildman–Crippen MR) is 60.7 cm³/mol. The zero-order chi connectivity index (χ0) is 11.5. The van der Waals surface area contributed by atoms with Crippen molar-refractivity contribution in [2.24, 2.45) is 0 Å². The van der Waals surface area contributed by atoms with Gasteiger partial charge in [-0.15, -0.1) is 0 Å². The topological polar surface area (TPSA) is 84.6 Å². The Labute approximate surface area is 93.2 Å². The van der Waals surface area contributed by atoms with Crippen molar-refractivity contribution in [3.05, 3.63) is 23.8 Å². The Morgan fingerprint density at radius 3 is 3.00 bits per heavy atom. The van der Waals surface area contributed by atoms with Crippen LogP contribution in [0.4, 0.5) is 11.4 Å². The first-order valence-corrected chi connectivity index (χ1v) is 5.14. The van der Waals surface area contributed by atoms with Crippen LogP contribution in [-0.2, 0) is 4.74 Å². The number of carboxylic acids is 1. The highest BCUT2D eigenvalue weighted by atomic mass is 16.5. The summed E-state index contributed by atoms with van der Waals surface area (Å²) < 4.78 is 5.22. The number of carboxylic acid groups (broad SMARTS) is 1. The molecular formula is C11H14N2O3. The van der Waals surface area contributed by atoms with Gasteiger partial charge in [-0.3, -0.25) is 0 Å². The van der Waals surface area contributed by atoms with E-state index in [1.807, 2.05) is 0 Å². The molecule has 1 heterocycles. The van der Waals surface area contributed by atoms with Crippen LogP contribution in [0.1, 0.15) is 16.8 Å². The number of nitrogens with two attached hydrogens (primary N) is 1. The minimum atomic E-state index is -0.957. The molecule has 86 valence electrons. The number of ether oxygens (including phenoxy) is 1. The molecule has 5 nitrogen and oxygen atoms in total. The summed E-state index contributed by atoms with van der Waals surface area (Å²) in [6.07, 6.45) is 0.883. The van der Waals surface area contributed by atoms with Gasteiger partial charge in [0.2, 0.25) is 0 Å². The number of carbonyl (C=O) groups is 1. The van der Waals surface area contributed by atoms with Crippen LogP contribution in [-0.4, -0.2) is 30.3 Å². The molecule has 4 N–H and O–H groups in total. The highest BCUT2D eigenvalue weighted by Gasteiger charge is 2.18. The maximum Gasteiger partial charge on any atom is 0.337 e. The Morgan fingerprint density at radius 2 is 2.38 bits per heavy atom. The number of rotatable bonds is 3. The van der Waals surface area contributed by atoms with Crippen molar-refractivity contribution in [2.75, 3.05) is 24.3 Å². The van der Waals surface area contributed by atoms with Gasteiger partial charge >= 0.3 is 5.97 Å². The van der Waals surface area contributed by atoms with Crippen LogP contribution in [0.5, 0.6) is 0 Å². The second-order valence-electron chi connectivity index (χ2n) is 3.82. The number of hydrogen-bond donors (Lipinski definition) is 3. The zero-order valence-electron chi connectivity index (χ0n) is 8.77. The zero-order valence-corrected chi connectivity index (χ0v) is 8.77. The van der Waals surface area contributed by atoms with Crippen LogP contribution in [0.25, 0.3) is 0 Å². The lowest BCUT2D eigenvalue weighted by molar-refractivity contribution is 0.0698. The van der Waals surface area contributed by atoms with Crippen LogP contribution in [0.3, 0.4) is 0 Å². The lowest BCUT2D eigenvalue weighted by Crippen LogP contribution is -2.20. The Bertz CT molecular complexity index is 400. The molecule has 0 saturated carbocycles. The van der Waals surface area contributed by atoms with Gasteiger partial charge in [-0.05, 0) is 24.6 Å². The molecule has 0 aliphatic carbocycles. The van der Waals surface area contributed by atoms with Crippen molar-refractivity contribution >= 4 is 17.3 Å². The maximum absolute atomic E-state index is 11.0. The summed E-state index contributed by atoms with van der Waals surface area (Å²) in [7, 11) is 0. The Kier molecular flexibility index (Phi) is 2.96. The van der Waals surface area contributed by atoms with Crippen LogP contribution in [0.2, 0.25) is 0 Å². The average molecular weight is 222 g/mol. The van der Waals surface area contributed by atoms with Crippen LogP contribution < -0.4 is 11.1 Å². The fourth-order valence-corrected chi connectivity index (χ4v) is 1.74. The number of nitrogen functional groups attached to an aromatic ring is 1. The van der Waals surface area contributed by atoms with Crippen molar-refractivity contribution in [1.29, 1.82) is 0 Å². The molecule has 1 aliphatic rings. The molecule has 1 aliphatic heterocycles. The van der Waals surface area contributed by atoms with Crippen molar-refractivity contribution in [1.82, 2.24) is 0 Å². The molecule has 1 saturated heterocycles. The molecule has 0 amide bonds. The highest BCUT2D eigenvalue weighted by Crippen LogP contribution is 2.22. The number of hydrogen-bond acceptors (Lipinski definition) is 4. The Morgan fingerprint density at radius 1 is 1.56 bits per heavy atom. The standard InChI is InChI=1S/C11H14N2O3/c12-7-1-2-9(11(14)15)10(5-7)13-8-3-4-16-6-8/h1-2,5,8,13H,3-4,6,12H2,(H,14,15). The van der Waals surface area contributed by atoms with Crippen molar-refractivity contribution in [3.8, 4) is 0 Å². The average Bonchev–Trinajstić information content (AvgIpc) is 2.70. The molecule has 2 rings (SSSR count). The van der Waals surface area contributed by atoms with Gasteiger partial charge in [0.05, 0.1) is 23.9 Å². The summed E-state index contributed by atoms with van der Waals surface area (Å²) in [5.41, 5.74) is 6.98. The highest BCUT2D eigenvalue weighted by molar-refractivity contribution is 5.95. The van der Waals surface area contributed by atoms with E-state index in [-0.39, 0.29) is 11.6 Å². The molecule has 1 unspecified atom stereocenters. The van der Waals surface area contributed by atoms with Gasteiger partial charge in [-0.25, -0.2) is 4.79 Å². The SMILES string of the molecule is Nc1ccc(C(=O)O)c(NC2CCOC2)c1. The Hall–Kier alpha value is -1.75. The molecule has 0 radical (unpaired) electrons. The summed E-state index contributed by atoms with van der Waals surface area (Å²) in [4.78, 5) is 11.0. The number of aromatic carboxylic acids is 1. The summed E-state index contributed by atoms with van der Waals surface area (Å²) in [5, 5.41) is 12.2. The van der Waals surface area contributed by atoms with Gasteiger partial charge in [0.1, 0.15) is 0 Å². The summed E-state index contributed by atoms with van der Waals surface area (Å²) in [6.45, 7) is 1.32. The van der Waals surface area contributed by atoms with Crippen LogP contribution in [0, 0.1) is 0 Å². The molecule has 0 bridgehead atoms. The predicted octanol–water partition coefficient (Wildman–Crippen LogP) is 1.17. The largest absolute Gasteiger partial charge is 0.478 e. The lowest BCUT2D eigenvalue weighted by atomic mass is 10.1. The van der Waals surface area contributed by atoms with E-state index >= 15 is 0 Å². The first-order chi connectivity index (χ1) is 7.66. The van der Waals surface area contributed by atoms with Crippen molar-refractivity contribution in [3.63, 3.8) is 0 Å². The van der Waals surface area contributed by atoms with Crippen LogP contribution >= 0.6 is 0 Å². The smallest absolute Gasteiger partial charge is 0.337 e. The minimum Gasteiger partial charge on any atom is -0.478 e. The van der Waals surface area contributed by atoms with E-state index in [4.69, 9.17) is 15.6 Å². The van der Waals surface area contributed by atoms with E-state index in [9.17, 15) is 4.79 Å². The van der Waals surface area contributed by atoms with Gasteiger partial charge in [-0.2, -0.15) is 0 Å². The molecule has 0 spiro atoms. The van der Waals surface area contributed by atoms with Crippen molar-refractivity contribution < 1.29 is 14.6 Å². The van der Waals surface area contributed by atoms with Gasteiger partial charge in [-0.1, -0.05) is 0 Å². The first kappa shape index (κ1) is 10.8. The molecule has 1 fully saturated rings. The van der Waals surface area contributed by atoms with Gasteiger partial charge in [0.25, 0.3) is 0 Å². The molecule has 1 aromatic carbocycles. The molecule has 5 heteroatoms. The monoisotopic (exact) mass is 222 g/mol. The molecule has 16 heavy (non-hydrogen) atoms. The number of nitrogens with one attached hydrogen (secondary N) is 1. The summed E-state index contributed by atoms with van der Waals surface area (Å²) in [5.74, 6) is -0.957. The molecule has 0 aromatic heterocycles. The molecule has 1 aromatic rings. The summed E-state index contributed by atoms with van der Waals surface area (Å²) >= 11 is 0. The third-order valence-corrected chi connectivity index (χ3v) is 2.56. The quantitative estimate of drug-likeness (QED) is 0.668. The summed E-state index contributed by atoms with van der Waals surface area (Å²) in [6, 6.07) is 4.90. The van der Waals surface area contributed by atoms with Crippen LogP contribution in [0.15, 0.2) is 18.2 Å². The third-order valence-electron chi connectivity index (χ3n) is 2.56. The fourth-order valence-electron chi connectivity index (χ4n) is 1.74. The fraction of sp³-hybridized carbons (Fsp3) is 0.364. The van der Waals surface area contributed by atoms with Gasteiger partial charge in [0.15, 0.2) is 0 Å². The normalized spacial score (nSPS) is 19.6.